The van der Waals surface area contributed by atoms with Crippen LogP contribution >= 0.6 is 11.3 Å². The predicted octanol–water partition coefficient (Wildman–Crippen LogP) is 3.51. The molecule has 0 fully saturated rings. The zero-order valence-corrected chi connectivity index (χ0v) is 14.0. The van der Waals surface area contributed by atoms with Gasteiger partial charge in [0, 0.05) is 10.9 Å². The van der Waals surface area contributed by atoms with E-state index in [1.807, 2.05) is 29.8 Å². The number of amides is 1. The fraction of sp³-hybridized carbons (Fsp3) is 0.222. The van der Waals surface area contributed by atoms with E-state index in [-0.39, 0.29) is 18.9 Å². The molecule has 3 rings (SSSR count). The van der Waals surface area contributed by atoms with E-state index >= 15 is 0 Å². The van der Waals surface area contributed by atoms with Gasteiger partial charge in [-0.15, -0.1) is 6.42 Å². The first-order chi connectivity index (χ1) is 11.7. The van der Waals surface area contributed by atoms with Gasteiger partial charge in [-0.25, -0.2) is 4.98 Å². The number of nitrogens with zero attached hydrogens (tertiary/aromatic N) is 2. The second-order valence-electron chi connectivity index (χ2n) is 5.24. The fourth-order valence-corrected chi connectivity index (χ4v) is 2.92. The molecule has 0 unspecified atom stereocenters. The van der Waals surface area contributed by atoms with Crippen LogP contribution in [0.4, 0.5) is 0 Å². The maximum atomic E-state index is 12.6. The van der Waals surface area contributed by atoms with Crippen LogP contribution in [0, 0.1) is 19.3 Å². The Morgan fingerprint density at radius 2 is 2.33 bits per heavy atom. The Kier molecular flexibility index (Phi) is 4.82. The highest BCUT2D eigenvalue weighted by molar-refractivity contribution is 7.08. The van der Waals surface area contributed by atoms with Crippen molar-refractivity contribution >= 4 is 17.2 Å². The van der Waals surface area contributed by atoms with Crippen molar-refractivity contribution in [2.24, 2.45) is 0 Å². The number of thiophene rings is 1. The maximum Gasteiger partial charge on any atom is 0.229 e. The topological polar surface area (TPSA) is 59.5 Å². The minimum absolute atomic E-state index is 0.113. The summed E-state index contributed by atoms with van der Waals surface area (Å²) < 4.78 is 11.0. The minimum Gasteiger partial charge on any atom is -0.467 e. The number of hydrogen-bond acceptors (Lipinski definition) is 5. The van der Waals surface area contributed by atoms with Gasteiger partial charge >= 0.3 is 0 Å². The molecular formula is C18H16N2O3S. The molecule has 0 aromatic carbocycles. The summed E-state index contributed by atoms with van der Waals surface area (Å²) in [6.07, 6.45) is 7.09. The lowest BCUT2D eigenvalue weighted by Gasteiger charge is -2.18. The van der Waals surface area contributed by atoms with Crippen LogP contribution in [0.25, 0.3) is 11.5 Å². The summed E-state index contributed by atoms with van der Waals surface area (Å²) in [6, 6.07) is 5.53. The van der Waals surface area contributed by atoms with Crippen LogP contribution in [0.5, 0.6) is 0 Å². The first kappa shape index (κ1) is 16.1. The van der Waals surface area contributed by atoms with Gasteiger partial charge < -0.3 is 13.7 Å². The molecule has 1 amide bonds. The van der Waals surface area contributed by atoms with Gasteiger partial charge in [-0.1, -0.05) is 5.92 Å². The van der Waals surface area contributed by atoms with Gasteiger partial charge in [-0.2, -0.15) is 11.3 Å². The number of furan rings is 1. The molecule has 122 valence electrons. The van der Waals surface area contributed by atoms with E-state index in [9.17, 15) is 4.79 Å². The molecule has 0 radical (unpaired) electrons. The van der Waals surface area contributed by atoms with E-state index < -0.39 is 0 Å². The maximum absolute atomic E-state index is 12.6. The number of hydrogen-bond donors (Lipinski definition) is 0. The Morgan fingerprint density at radius 1 is 1.46 bits per heavy atom. The molecule has 0 atom stereocenters. The second-order valence-corrected chi connectivity index (χ2v) is 6.02. The van der Waals surface area contributed by atoms with E-state index in [0.29, 0.717) is 29.6 Å². The third kappa shape index (κ3) is 3.58. The van der Waals surface area contributed by atoms with Crippen molar-refractivity contribution in [3.8, 4) is 23.8 Å². The molecule has 0 aliphatic heterocycles. The Balaban J connectivity index is 1.74. The zero-order chi connectivity index (χ0) is 16.9. The summed E-state index contributed by atoms with van der Waals surface area (Å²) in [4.78, 5) is 18.6. The Morgan fingerprint density at radius 3 is 3.00 bits per heavy atom. The van der Waals surface area contributed by atoms with Crippen molar-refractivity contribution in [3.63, 3.8) is 0 Å². The SMILES string of the molecule is C#CCN(Cc1ccco1)C(=O)Cc1nc(-c2ccsc2)oc1C. The number of carbonyl (C=O) groups is 1. The third-order valence-electron chi connectivity index (χ3n) is 3.54. The van der Waals surface area contributed by atoms with E-state index in [0.717, 1.165) is 5.56 Å². The van der Waals surface area contributed by atoms with Crippen molar-refractivity contribution in [1.29, 1.82) is 0 Å². The van der Waals surface area contributed by atoms with E-state index in [1.54, 1.807) is 28.6 Å². The third-order valence-corrected chi connectivity index (χ3v) is 4.22. The Labute approximate surface area is 143 Å². The summed E-state index contributed by atoms with van der Waals surface area (Å²) in [5.74, 6) is 4.26. The van der Waals surface area contributed by atoms with E-state index in [2.05, 4.69) is 10.9 Å². The second kappa shape index (κ2) is 7.20. The molecule has 5 nitrogen and oxygen atoms in total. The van der Waals surface area contributed by atoms with E-state index in [4.69, 9.17) is 15.3 Å². The van der Waals surface area contributed by atoms with Crippen molar-refractivity contribution in [3.05, 3.63) is 52.4 Å². The van der Waals surface area contributed by atoms with Crippen molar-refractivity contribution in [2.75, 3.05) is 6.54 Å². The summed E-state index contributed by atoms with van der Waals surface area (Å²) >= 11 is 1.57. The van der Waals surface area contributed by atoms with Crippen LogP contribution in [-0.2, 0) is 17.8 Å². The zero-order valence-electron chi connectivity index (χ0n) is 13.2. The summed E-state index contributed by atoms with van der Waals surface area (Å²) in [5, 5.41) is 3.91. The molecular weight excluding hydrogens is 324 g/mol. The quantitative estimate of drug-likeness (QED) is 0.644. The molecule has 0 aliphatic rings. The number of aryl methyl sites for hydroxylation is 1. The molecule has 6 heteroatoms. The number of terminal acetylenes is 1. The normalized spacial score (nSPS) is 10.5. The molecule has 24 heavy (non-hydrogen) atoms. The smallest absolute Gasteiger partial charge is 0.229 e. The summed E-state index contributed by atoms with van der Waals surface area (Å²) in [5.41, 5.74) is 1.54. The van der Waals surface area contributed by atoms with Crippen molar-refractivity contribution in [2.45, 2.75) is 19.9 Å². The lowest BCUT2D eigenvalue weighted by Crippen LogP contribution is -2.32. The van der Waals surface area contributed by atoms with Gasteiger partial charge in [-0.05, 0) is 30.5 Å². The van der Waals surface area contributed by atoms with Gasteiger partial charge in [0.1, 0.15) is 11.5 Å². The highest BCUT2D eigenvalue weighted by Crippen LogP contribution is 2.24. The van der Waals surface area contributed by atoms with Gasteiger partial charge in [0.25, 0.3) is 0 Å². The first-order valence-electron chi connectivity index (χ1n) is 7.40. The molecule has 3 aromatic heterocycles. The first-order valence-corrected chi connectivity index (χ1v) is 8.34. The lowest BCUT2D eigenvalue weighted by atomic mass is 10.2. The van der Waals surface area contributed by atoms with Gasteiger partial charge in [-0.3, -0.25) is 4.79 Å². The van der Waals surface area contributed by atoms with Crippen LogP contribution in [0.3, 0.4) is 0 Å². The number of aromatic nitrogens is 1. The van der Waals surface area contributed by atoms with Crippen molar-refractivity contribution < 1.29 is 13.6 Å². The van der Waals surface area contributed by atoms with Crippen LogP contribution in [-0.4, -0.2) is 22.3 Å². The van der Waals surface area contributed by atoms with Crippen LogP contribution in [0.1, 0.15) is 17.2 Å². The monoisotopic (exact) mass is 340 g/mol. The van der Waals surface area contributed by atoms with E-state index in [1.165, 1.54) is 0 Å². The molecule has 0 aliphatic carbocycles. The lowest BCUT2D eigenvalue weighted by molar-refractivity contribution is -0.130. The Bertz CT molecular complexity index is 842. The summed E-state index contributed by atoms with van der Waals surface area (Å²) in [6.45, 7) is 2.36. The molecule has 0 bridgehead atoms. The highest BCUT2D eigenvalue weighted by Gasteiger charge is 2.19. The molecule has 3 aromatic rings. The summed E-state index contributed by atoms with van der Waals surface area (Å²) in [7, 11) is 0. The molecule has 0 N–H and O–H groups in total. The highest BCUT2D eigenvalue weighted by atomic mass is 32.1. The minimum atomic E-state index is -0.113. The van der Waals surface area contributed by atoms with Crippen LogP contribution in [0.2, 0.25) is 0 Å². The van der Waals surface area contributed by atoms with Crippen LogP contribution in [0.15, 0.2) is 44.1 Å². The average Bonchev–Trinajstić information content (AvgIpc) is 3.29. The molecule has 0 spiro atoms. The average molecular weight is 340 g/mol. The van der Waals surface area contributed by atoms with Crippen molar-refractivity contribution in [1.82, 2.24) is 9.88 Å². The predicted molar refractivity (Wildman–Crippen MR) is 91.2 cm³/mol. The van der Waals surface area contributed by atoms with Gasteiger partial charge in [0.05, 0.1) is 31.5 Å². The molecule has 0 saturated heterocycles. The molecule has 3 heterocycles. The number of carbonyl (C=O) groups excluding carboxylic acids is 1. The Hall–Kier alpha value is -2.78. The van der Waals surface area contributed by atoms with Gasteiger partial charge in [0.2, 0.25) is 11.8 Å². The largest absolute Gasteiger partial charge is 0.467 e. The van der Waals surface area contributed by atoms with Crippen LogP contribution < -0.4 is 0 Å². The molecule has 0 saturated carbocycles. The standard InChI is InChI=1S/C18H16N2O3S/c1-3-7-20(11-15-5-4-8-22-15)17(21)10-16-13(2)23-18(19-16)14-6-9-24-12-14/h1,4-6,8-9,12H,7,10-11H2,2H3. The fourth-order valence-electron chi connectivity index (χ4n) is 2.29. The van der Waals surface area contributed by atoms with Gasteiger partial charge in [0.15, 0.2) is 0 Å². The number of rotatable bonds is 6. The number of oxazole rings is 1.